The Morgan fingerprint density at radius 1 is 1.15 bits per heavy atom. The van der Waals surface area contributed by atoms with Crippen LogP contribution in [0.2, 0.25) is 0 Å². The number of unbranched alkanes of at least 4 members (excludes halogenated alkanes) is 4. The molecule has 0 fully saturated rings. The number of halogens is 1. The summed E-state index contributed by atoms with van der Waals surface area (Å²) in [5, 5.41) is 16.9. The van der Waals surface area contributed by atoms with Gasteiger partial charge in [0.2, 0.25) is 0 Å². The molecular formula is C24H28FN3O3S3. The Hall–Kier alpha value is -2.43. The van der Waals surface area contributed by atoms with E-state index in [0.29, 0.717) is 22.2 Å². The van der Waals surface area contributed by atoms with Gasteiger partial charge in [-0.05, 0) is 42.5 Å². The van der Waals surface area contributed by atoms with E-state index in [1.807, 2.05) is 6.07 Å². The molecule has 2 heterocycles. The Kier molecular flexibility index (Phi) is 10.4. The first kappa shape index (κ1) is 26.2. The summed E-state index contributed by atoms with van der Waals surface area (Å²) in [4.78, 5) is 29.8. The van der Waals surface area contributed by atoms with Crippen molar-refractivity contribution in [3.05, 3.63) is 57.0 Å². The number of thiazole rings is 1. The van der Waals surface area contributed by atoms with Crippen molar-refractivity contribution in [3.8, 4) is 0 Å². The zero-order valence-corrected chi connectivity index (χ0v) is 21.4. The molecule has 0 unspecified atom stereocenters. The van der Waals surface area contributed by atoms with Crippen molar-refractivity contribution in [1.82, 2.24) is 4.98 Å². The van der Waals surface area contributed by atoms with Crippen LogP contribution in [0.5, 0.6) is 0 Å². The van der Waals surface area contributed by atoms with Crippen molar-refractivity contribution >= 4 is 57.1 Å². The number of thioether (sulfide) groups is 1. The fraction of sp³-hybridized carbons (Fsp3) is 0.375. The summed E-state index contributed by atoms with van der Waals surface area (Å²) in [6, 6.07) is 8.41. The van der Waals surface area contributed by atoms with Crippen molar-refractivity contribution in [1.29, 1.82) is 0 Å². The molecule has 0 saturated carbocycles. The summed E-state index contributed by atoms with van der Waals surface area (Å²) in [7, 11) is 0. The fourth-order valence-electron chi connectivity index (χ4n) is 3.19. The van der Waals surface area contributed by atoms with Gasteiger partial charge >= 0.3 is 5.97 Å². The van der Waals surface area contributed by atoms with Crippen LogP contribution in [0.4, 0.5) is 15.2 Å². The van der Waals surface area contributed by atoms with Gasteiger partial charge < -0.3 is 10.4 Å². The molecular weight excluding hydrogens is 493 g/mol. The number of hydrogen-bond acceptors (Lipinski definition) is 7. The number of anilines is 2. The number of carboxylic acid groups (broad SMARTS) is 1. The first-order chi connectivity index (χ1) is 16.4. The van der Waals surface area contributed by atoms with Crippen LogP contribution in [0.15, 0.2) is 40.6 Å². The molecule has 3 aromatic rings. The molecule has 6 nitrogen and oxygen atoms in total. The summed E-state index contributed by atoms with van der Waals surface area (Å²) in [5.74, 6) is -0.541. The predicted octanol–water partition coefficient (Wildman–Crippen LogP) is 6.90. The highest BCUT2D eigenvalue weighted by Crippen LogP contribution is 2.30. The summed E-state index contributed by atoms with van der Waals surface area (Å²) < 4.78 is 13.8. The van der Waals surface area contributed by atoms with E-state index in [2.05, 4.69) is 22.5 Å². The normalized spacial score (nSPS) is 10.9. The van der Waals surface area contributed by atoms with Crippen LogP contribution >= 0.6 is 34.4 Å². The number of aliphatic carboxylic acids is 1. The molecule has 2 aromatic heterocycles. The van der Waals surface area contributed by atoms with Crippen LogP contribution in [0, 0.1) is 5.82 Å². The number of nitrogens with one attached hydrogen (secondary N) is 2. The zero-order valence-electron chi connectivity index (χ0n) is 18.9. The van der Waals surface area contributed by atoms with Crippen LogP contribution < -0.4 is 10.6 Å². The maximum absolute atomic E-state index is 13.8. The van der Waals surface area contributed by atoms with Gasteiger partial charge in [-0.2, -0.15) is 0 Å². The van der Waals surface area contributed by atoms with Crippen LogP contribution in [-0.4, -0.2) is 27.7 Å². The maximum atomic E-state index is 13.8. The van der Waals surface area contributed by atoms with Crippen LogP contribution in [0.3, 0.4) is 0 Å². The van der Waals surface area contributed by atoms with E-state index in [4.69, 9.17) is 5.11 Å². The number of carbonyl (C=O) groups excluding carboxylic acids is 1. The van der Waals surface area contributed by atoms with E-state index < -0.39 is 5.97 Å². The van der Waals surface area contributed by atoms with Gasteiger partial charge in [0, 0.05) is 27.4 Å². The monoisotopic (exact) mass is 521 g/mol. The molecule has 0 spiro atoms. The van der Waals surface area contributed by atoms with Crippen LogP contribution in [0.25, 0.3) is 0 Å². The number of aromatic nitrogens is 1. The second-order valence-corrected chi connectivity index (χ2v) is 10.9. The highest BCUT2D eigenvalue weighted by molar-refractivity contribution is 7.99. The van der Waals surface area contributed by atoms with Gasteiger partial charge in [0.25, 0.3) is 5.91 Å². The summed E-state index contributed by atoms with van der Waals surface area (Å²) >= 11 is 4.22. The molecule has 0 bridgehead atoms. The van der Waals surface area contributed by atoms with E-state index in [0.717, 1.165) is 27.6 Å². The van der Waals surface area contributed by atoms with Gasteiger partial charge in [-0.15, -0.1) is 34.4 Å². The van der Waals surface area contributed by atoms with Crippen LogP contribution in [0.1, 0.15) is 59.3 Å². The maximum Gasteiger partial charge on any atom is 0.309 e. The number of carboxylic acids is 1. The lowest BCUT2D eigenvalue weighted by atomic mass is 10.2. The van der Waals surface area contributed by atoms with E-state index >= 15 is 0 Å². The molecule has 182 valence electrons. The van der Waals surface area contributed by atoms with Gasteiger partial charge in [-0.1, -0.05) is 32.6 Å². The Morgan fingerprint density at radius 3 is 2.76 bits per heavy atom. The summed E-state index contributed by atoms with van der Waals surface area (Å²) in [6.45, 7) is 2.72. The van der Waals surface area contributed by atoms with Crippen LogP contribution in [-0.2, 0) is 17.8 Å². The Bertz CT molecular complexity index is 1100. The number of hydrogen-bond donors (Lipinski definition) is 3. The molecule has 0 saturated heterocycles. The lowest BCUT2D eigenvalue weighted by Crippen LogP contribution is -2.10. The van der Waals surface area contributed by atoms with E-state index in [-0.39, 0.29) is 18.1 Å². The summed E-state index contributed by atoms with van der Waals surface area (Å²) in [6.07, 6.45) is 5.85. The van der Waals surface area contributed by atoms with E-state index in [1.165, 1.54) is 54.4 Å². The van der Waals surface area contributed by atoms with Crippen molar-refractivity contribution in [2.45, 2.75) is 56.9 Å². The molecule has 0 aliphatic carbocycles. The molecule has 0 aliphatic rings. The van der Waals surface area contributed by atoms with Gasteiger partial charge in [-0.3, -0.25) is 14.9 Å². The van der Waals surface area contributed by atoms with E-state index in [1.54, 1.807) is 35.3 Å². The number of thiophene rings is 1. The Balaban J connectivity index is 1.52. The molecule has 0 atom stereocenters. The van der Waals surface area contributed by atoms with Crippen molar-refractivity contribution in [3.63, 3.8) is 0 Å². The molecule has 34 heavy (non-hydrogen) atoms. The third kappa shape index (κ3) is 8.41. The van der Waals surface area contributed by atoms with Gasteiger partial charge in [-0.25, -0.2) is 9.37 Å². The molecule has 3 rings (SSSR count). The molecule has 10 heteroatoms. The molecule has 0 radical (unpaired) electrons. The number of carbonyl (C=O) groups is 2. The fourth-order valence-corrected chi connectivity index (χ4v) is 5.79. The smallest absolute Gasteiger partial charge is 0.309 e. The first-order valence-electron chi connectivity index (χ1n) is 11.2. The van der Waals surface area contributed by atoms with E-state index in [9.17, 15) is 14.0 Å². The van der Waals surface area contributed by atoms with Gasteiger partial charge in [0.05, 0.1) is 17.0 Å². The zero-order chi connectivity index (χ0) is 24.3. The highest BCUT2D eigenvalue weighted by atomic mass is 32.2. The van der Waals surface area contributed by atoms with Crippen molar-refractivity contribution < 1.29 is 19.1 Å². The predicted molar refractivity (Wildman–Crippen MR) is 139 cm³/mol. The second-order valence-electron chi connectivity index (χ2n) is 7.69. The largest absolute Gasteiger partial charge is 0.481 e. The lowest BCUT2D eigenvalue weighted by molar-refractivity contribution is -0.136. The molecule has 1 aromatic carbocycles. The number of rotatable bonds is 14. The third-order valence-electron chi connectivity index (χ3n) is 4.89. The Labute approximate surface area is 211 Å². The minimum atomic E-state index is -0.965. The molecule has 3 N–H and O–H groups in total. The molecule has 1 amide bonds. The van der Waals surface area contributed by atoms with Crippen molar-refractivity contribution in [2.24, 2.45) is 0 Å². The second kappa shape index (κ2) is 13.5. The average Bonchev–Trinajstić information content (AvgIpc) is 3.45. The molecule has 0 aliphatic heterocycles. The number of amides is 1. The van der Waals surface area contributed by atoms with Gasteiger partial charge in [0.1, 0.15) is 5.82 Å². The Morgan fingerprint density at radius 2 is 1.97 bits per heavy atom. The SMILES string of the molecule is CCCCCCCSc1cc(F)ccc1NCc1ccc(C(=O)Nc2nc(CC(=O)O)cs2)s1. The minimum absolute atomic E-state index is 0.177. The topological polar surface area (TPSA) is 91.3 Å². The quantitative estimate of drug-likeness (QED) is 0.158. The standard InChI is InChI=1S/C24H28FN3O3S3/c1-2-3-4-5-6-11-32-21-12-16(25)7-9-19(21)26-14-18-8-10-20(34-18)23(31)28-24-27-17(15-33-24)13-22(29)30/h7-10,12,15,26H,2-6,11,13-14H2,1H3,(H,29,30)(H,27,28,31). The number of nitrogens with zero attached hydrogens (tertiary/aromatic N) is 1. The summed E-state index contributed by atoms with van der Waals surface area (Å²) in [5.41, 5.74) is 1.30. The lowest BCUT2D eigenvalue weighted by Gasteiger charge is -2.11. The van der Waals surface area contributed by atoms with Gasteiger partial charge in [0.15, 0.2) is 5.13 Å². The highest BCUT2D eigenvalue weighted by Gasteiger charge is 2.13. The minimum Gasteiger partial charge on any atom is -0.481 e. The number of benzene rings is 1. The van der Waals surface area contributed by atoms with Crippen molar-refractivity contribution in [2.75, 3.05) is 16.4 Å². The third-order valence-corrected chi connectivity index (χ3v) is 7.92. The first-order valence-corrected chi connectivity index (χ1v) is 13.8. The average molecular weight is 522 g/mol.